The fourth-order valence-electron chi connectivity index (χ4n) is 0.0292. The summed E-state index contributed by atoms with van der Waals surface area (Å²) in [6.07, 6.45) is 0. The molecule has 0 fully saturated rings. The van der Waals surface area contributed by atoms with Gasteiger partial charge in [0.05, 0.1) is 27.6 Å². The van der Waals surface area contributed by atoms with Crippen LogP contribution in [0.5, 0.6) is 0 Å². The first kappa shape index (κ1) is 29.6. The van der Waals surface area contributed by atoms with Crippen molar-refractivity contribution < 1.29 is 36.2 Å². The lowest BCUT2D eigenvalue weighted by Crippen LogP contribution is -1.80. The number of halogens is 6. The van der Waals surface area contributed by atoms with Crippen molar-refractivity contribution in [3.05, 3.63) is 0 Å². The van der Waals surface area contributed by atoms with E-state index in [1.54, 1.807) is 0 Å². The van der Waals surface area contributed by atoms with Gasteiger partial charge in [0.15, 0.2) is 13.7 Å². The van der Waals surface area contributed by atoms with Crippen LogP contribution in [0.4, 0.5) is 26.5 Å². The molecule has 0 saturated carbocycles. The maximum Gasteiger partial charge on any atom is 0.191 e. The first-order chi connectivity index (χ1) is 7.66. The third-order valence-corrected chi connectivity index (χ3v) is 0.154. The van der Waals surface area contributed by atoms with Crippen LogP contribution in [0, 0.1) is 0 Å². The van der Waals surface area contributed by atoms with Crippen molar-refractivity contribution in [1.29, 1.82) is 0 Å². The van der Waals surface area contributed by atoms with E-state index >= 15 is 0 Å². The summed E-state index contributed by atoms with van der Waals surface area (Å²) in [6, 6.07) is 0. The Morgan fingerprint density at radius 3 is 0.938 bits per heavy atom. The lowest BCUT2D eigenvalue weighted by atomic mass is 10.9. The van der Waals surface area contributed by atoms with Gasteiger partial charge in [0.1, 0.15) is 0 Å². The van der Waals surface area contributed by atoms with Crippen LogP contribution in [0.1, 0.15) is 13.8 Å². The Bertz CT molecular complexity index is 46.8. The molecule has 0 bridgehead atoms. The van der Waals surface area contributed by atoms with Crippen LogP contribution in [-0.2, 0) is 9.68 Å². The second-order valence-corrected chi connectivity index (χ2v) is 1.11. The predicted octanol–water partition coefficient (Wildman–Crippen LogP) is 3.91. The standard InChI is InChI=1S/C2H4F2O.2C2H5F.CH3FO.CH3F/c3-1-5-2-4;2*1-2-3;1-3-2;1-2/h1-2H2;2*2H2,1H3;1H3;1H3. The summed E-state index contributed by atoms with van der Waals surface area (Å²) in [4.78, 5) is 2.75. The molecule has 0 aliphatic carbocycles. The summed E-state index contributed by atoms with van der Waals surface area (Å²) in [5.74, 6) is 0. The fraction of sp³-hybridized carbons (Fsp3) is 1.00. The Balaban J connectivity index is -0.0000000329. The van der Waals surface area contributed by atoms with Crippen molar-refractivity contribution in [2.24, 2.45) is 0 Å². The molecule has 0 atom stereocenters. The Kier molecular flexibility index (Phi) is 161. The molecule has 0 aliphatic rings. The van der Waals surface area contributed by atoms with E-state index in [4.69, 9.17) is 0 Å². The second kappa shape index (κ2) is 87.4. The Labute approximate surface area is 92.4 Å². The molecule has 0 rings (SSSR count). The van der Waals surface area contributed by atoms with Crippen molar-refractivity contribution in [3.63, 3.8) is 0 Å². The lowest BCUT2D eigenvalue weighted by Gasteiger charge is -1.80. The fourth-order valence-corrected chi connectivity index (χ4v) is 0.0292. The zero-order valence-electron chi connectivity index (χ0n) is 9.91. The van der Waals surface area contributed by atoms with Crippen LogP contribution >= 0.6 is 0 Å². The highest BCUT2D eigenvalue weighted by Gasteiger charge is 1.70. The van der Waals surface area contributed by atoms with E-state index in [1.807, 2.05) is 0 Å². The Morgan fingerprint density at radius 2 is 0.938 bits per heavy atom. The summed E-state index contributed by atoms with van der Waals surface area (Å²) >= 11 is 0. The van der Waals surface area contributed by atoms with E-state index < -0.39 is 13.7 Å². The highest BCUT2D eigenvalue weighted by atomic mass is 19.3. The molecule has 0 N–H and O–H groups in total. The minimum absolute atomic E-state index is 0.250. The van der Waals surface area contributed by atoms with Gasteiger partial charge in [-0.15, -0.1) is 0 Å². The van der Waals surface area contributed by atoms with Gasteiger partial charge in [0.25, 0.3) is 0 Å². The lowest BCUT2D eigenvalue weighted by molar-refractivity contribution is -0.0960. The molecule has 0 heterocycles. The van der Waals surface area contributed by atoms with Crippen LogP contribution in [0.15, 0.2) is 0 Å². The van der Waals surface area contributed by atoms with Gasteiger partial charge in [-0.25, -0.2) is 8.78 Å². The molecule has 0 radical (unpaired) electrons. The average molecular weight is 262 g/mol. The van der Waals surface area contributed by atoms with Gasteiger partial charge in [-0.05, 0) is 18.4 Å². The van der Waals surface area contributed by atoms with Crippen molar-refractivity contribution in [2.45, 2.75) is 13.8 Å². The van der Waals surface area contributed by atoms with Crippen LogP contribution < -0.4 is 0 Å². The van der Waals surface area contributed by atoms with Gasteiger partial charge < -0.3 is 4.74 Å². The summed E-state index contributed by atoms with van der Waals surface area (Å²) in [7, 11) is 1.46. The van der Waals surface area contributed by atoms with Gasteiger partial charge in [-0.1, -0.05) is 0 Å². The van der Waals surface area contributed by atoms with E-state index in [0.29, 0.717) is 7.18 Å². The zero-order valence-corrected chi connectivity index (χ0v) is 9.91. The van der Waals surface area contributed by atoms with Gasteiger partial charge >= 0.3 is 0 Å². The van der Waals surface area contributed by atoms with Crippen LogP contribution in [0.25, 0.3) is 0 Å². The van der Waals surface area contributed by atoms with Gasteiger partial charge in [-0.2, -0.15) is 4.94 Å². The van der Waals surface area contributed by atoms with E-state index in [1.165, 1.54) is 13.8 Å². The second-order valence-electron chi connectivity index (χ2n) is 1.11. The van der Waals surface area contributed by atoms with Gasteiger partial charge in [0, 0.05) is 0 Å². The number of hydrogen-bond donors (Lipinski definition) is 0. The number of hydrogen-bond acceptors (Lipinski definition) is 2. The van der Waals surface area contributed by atoms with Crippen LogP contribution in [0.3, 0.4) is 0 Å². The third-order valence-electron chi connectivity index (χ3n) is 0.154. The predicted molar refractivity (Wildman–Crippen MR) is 51.5 cm³/mol. The molecule has 0 saturated heterocycles. The monoisotopic (exact) mass is 262 g/mol. The highest BCUT2D eigenvalue weighted by molar-refractivity contribution is 3.86. The molecular formula is C8H20F6O2. The van der Waals surface area contributed by atoms with Crippen LogP contribution in [-0.4, -0.2) is 41.4 Å². The van der Waals surface area contributed by atoms with Gasteiger partial charge in [-0.3, -0.25) is 13.2 Å². The Morgan fingerprint density at radius 1 is 0.812 bits per heavy atom. The van der Waals surface area contributed by atoms with Crippen molar-refractivity contribution >= 4 is 0 Å². The number of alkyl halides is 5. The molecule has 106 valence electrons. The molecule has 0 unspecified atom stereocenters. The maximum atomic E-state index is 10.5. The summed E-state index contributed by atoms with van der Waals surface area (Å²) in [5, 5.41) is 0. The summed E-state index contributed by atoms with van der Waals surface area (Å²) in [6.45, 7) is 0.354. The van der Waals surface area contributed by atoms with Crippen LogP contribution in [0.2, 0.25) is 0 Å². The molecule has 2 nitrogen and oxygen atoms in total. The number of ether oxygens (including phenoxy) is 1. The molecule has 8 heteroatoms. The molecule has 0 amide bonds. The first-order valence-electron chi connectivity index (χ1n) is 4.00. The molecule has 0 aliphatic heterocycles. The topological polar surface area (TPSA) is 18.5 Å². The smallest absolute Gasteiger partial charge is 0.191 e. The quantitative estimate of drug-likeness (QED) is 0.702. The molecule has 0 aromatic heterocycles. The van der Waals surface area contributed by atoms with E-state index in [0.717, 1.165) is 7.11 Å². The molecule has 0 spiro atoms. The van der Waals surface area contributed by atoms with Crippen molar-refractivity contribution in [1.82, 2.24) is 0 Å². The zero-order chi connectivity index (χ0) is 14.2. The minimum atomic E-state index is -1.03. The van der Waals surface area contributed by atoms with E-state index in [2.05, 4.69) is 9.68 Å². The maximum absolute atomic E-state index is 10.5. The molecule has 0 aromatic carbocycles. The minimum Gasteiger partial charge on any atom is -0.319 e. The largest absolute Gasteiger partial charge is 0.319 e. The van der Waals surface area contributed by atoms with E-state index in [9.17, 15) is 26.5 Å². The summed E-state index contributed by atoms with van der Waals surface area (Å²) < 4.78 is 64.4. The third kappa shape index (κ3) is 938. The SMILES string of the molecule is CCF.CCF.CF.COF.FCOCF. The van der Waals surface area contributed by atoms with E-state index in [-0.39, 0.29) is 13.3 Å². The van der Waals surface area contributed by atoms with Gasteiger partial charge in [0.2, 0.25) is 0 Å². The first-order valence-corrected chi connectivity index (χ1v) is 4.00. The van der Waals surface area contributed by atoms with Crippen molar-refractivity contribution in [3.8, 4) is 0 Å². The Hall–Kier alpha value is -0.500. The molecule has 0 aromatic rings. The average Bonchev–Trinajstić information content (AvgIpc) is 2.25. The van der Waals surface area contributed by atoms with Crippen molar-refractivity contribution in [2.75, 3.05) is 41.4 Å². The summed E-state index contributed by atoms with van der Waals surface area (Å²) in [5.41, 5.74) is 0. The normalized spacial score (nSPS) is 6.38. The number of rotatable bonds is 2. The highest BCUT2D eigenvalue weighted by Crippen LogP contribution is 1.71. The molecular weight excluding hydrogens is 242 g/mol. The molecule has 16 heavy (non-hydrogen) atoms.